The van der Waals surface area contributed by atoms with E-state index in [1.165, 1.54) is 15.6 Å². The Morgan fingerprint density at radius 1 is 1.00 bits per heavy atom. The molecule has 0 fully saturated rings. The van der Waals surface area contributed by atoms with Gasteiger partial charge in [0, 0.05) is 23.2 Å². The summed E-state index contributed by atoms with van der Waals surface area (Å²) >= 11 is 1.76. The van der Waals surface area contributed by atoms with Gasteiger partial charge in [-0.2, -0.15) is 0 Å². The molecule has 0 saturated heterocycles. The molecule has 0 aliphatic heterocycles. The van der Waals surface area contributed by atoms with Crippen molar-refractivity contribution in [1.29, 1.82) is 0 Å². The fourth-order valence-electron chi connectivity index (χ4n) is 2.56. The molecule has 1 heterocycles. The van der Waals surface area contributed by atoms with Gasteiger partial charge in [0.25, 0.3) is 0 Å². The van der Waals surface area contributed by atoms with Crippen LogP contribution in [0.2, 0.25) is 0 Å². The van der Waals surface area contributed by atoms with Crippen molar-refractivity contribution in [2.24, 2.45) is 0 Å². The number of fused-ring (bicyclic) bond motifs is 1. The number of carbonyl (C=O) groups is 2. The lowest BCUT2D eigenvalue weighted by atomic mass is 10.1. The van der Waals surface area contributed by atoms with Gasteiger partial charge >= 0.3 is 11.9 Å². The van der Waals surface area contributed by atoms with Crippen molar-refractivity contribution in [1.82, 2.24) is 4.90 Å². The van der Waals surface area contributed by atoms with Crippen molar-refractivity contribution < 1.29 is 24.5 Å². The van der Waals surface area contributed by atoms with E-state index in [0.29, 0.717) is 0 Å². The number of hydrogen-bond acceptors (Lipinski definition) is 5. The molecule has 0 aliphatic rings. The Bertz CT molecular complexity index is 891. The highest BCUT2D eigenvalue weighted by Crippen LogP contribution is 2.32. The molecule has 2 aromatic carbocycles. The highest BCUT2D eigenvalue weighted by Gasteiger charge is 2.16. The van der Waals surface area contributed by atoms with Crippen LogP contribution in [0.15, 0.2) is 60.0 Å². The summed E-state index contributed by atoms with van der Waals surface area (Å²) in [7, 11) is 4.20. The van der Waals surface area contributed by atoms with Crippen LogP contribution < -0.4 is 4.74 Å². The first-order valence-electron chi connectivity index (χ1n) is 8.67. The second-order valence-electron chi connectivity index (χ2n) is 6.30. The van der Waals surface area contributed by atoms with Crippen molar-refractivity contribution >= 4 is 34.0 Å². The normalized spacial score (nSPS) is 11.5. The molecule has 148 valence electrons. The number of ether oxygens (including phenoxy) is 1. The maximum absolute atomic E-state index is 9.10. The molecule has 1 aromatic heterocycles. The fraction of sp³-hybridized carbons (Fsp3) is 0.238. The fourth-order valence-corrected chi connectivity index (χ4v) is 3.35. The standard InChI is InChI=1S/C19H21NOS.C2H2O4/c1-20(2)13-12-18(19-11-6-14-22-19)21-17-10-5-8-15-7-3-4-9-16(15)17;3-1(4)2(5)6/h3-11,14,18H,12-13H2,1-2H3;(H,3,4)(H,5,6)/t18-;/m0./s1. The van der Waals surface area contributed by atoms with Crippen molar-refractivity contribution in [3.05, 3.63) is 64.9 Å². The quantitative estimate of drug-likeness (QED) is 0.604. The Morgan fingerprint density at radius 3 is 2.29 bits per heavy atom. The summed E-state index contributed by atoms with van der Waals surface area (Å²) in [5.74, 6) is -2.68. The molecule has 6 nitrogen and oxygen atoms in total. The van der Waals surface area contributed by atoms with Crippen molar-refractivity contribution in [3.8, 4) is 5.75 Å². The molecular weight excluding hydrogens is 378 g/mol. The van der Waals surface area contributed by atoms with E-state index < -0.39 is 11.9 Å². The van der Waals surface area contributed by atoms with Crippen molar-refractivity contribution in [2.75, 3.05) is 20.6 Å². The molecule has 28 heavy (non-hydrogen) atoms. The van der Waals surface area contributed by atoms with E-state index in [1.807, 2.05) is 0 Å². The molecule has 3 rings (SSSR count). The van der Waals surface area contributed by atoms with Gasteiger partial charge in [0.05, 0.1) is 0 Å². The minimum absolute atomic E-state index is 0.105. The highest BCUT2D eigenvalue weighted by molar-refractivity contribution is 7.10. The molecule has 0 spiro atoms. The van der Waals surface area contributed by atoms with Crippen LogP contribution >= 0.6 is 11.3 Å². The molecular formula is C21H23NO5S. The second-order valence-corrected chi connectivity index (χ2v) is 7.28. The van der Waals surface area contributed by atoms with E-state index in [2.05, 4.69) is 79.0 Å². The molecule has 1 atom stereocenters. The molecule has 2 N–H and O–H groups in total. The van der Waals surface area contributed by atoms with Gasteiger partial charge in [-0.25, -0.2) is 9.59 Å². The summed E-state index contributed by atoms with van der Waals surface area (Å²) < 4.78 is 6.41. The Labute approximate surface area is 167 Å². The third-order valence-electron chi connectivity index (χ3n) is 3.90. The van der Waals surface area contributed by atoms with Gasteiger partial charge < -0.3 is 19.8 Å². The van der Waals surface area contributed by atoms with E-state index >= 15 is 0 Å². The summed E-state index contributed by atoms with van der Waals surface area (Å²) in [6, 6.07) is 18.9. The Balaban J connectivity index is 0.000000409. The van der Waals surface area contributed by atoms with Crippen molar-refractivity contribution in [3.63, 3.8) is 0 Å². The molecule has 3 aromatic rings. The van der Waals surface area contributed by atoms with Crippen molar-refractivity contribution in [2.45, 2.75) is 12.5 Å². The number of hydrogen-bond donors (Lipinski definition) is 2. The molecule has 0 saturated carbocycles. The van der Waals surface area contributed by atoms with Gasteiger partial charge in [-0.1, -0.05) is 42.5 Å². The lowest BCUT2D eigenvalue weighted by molar-refractivity contribution is -0.159. The summed E-state index contributed by atoms with van der Waals surface area (Å²) in [6.45, 7) is 1.01. The number of carboxylic acids is 2. The van der Waals surface area contributed by atoms with Gasteiger partial charge in [-0.15, -0.1) is 11.3 Å². The molecule has 0 amide bonds. The smallest absolute Gasteiger partial charge is 0.414 e. The van der Waals surface area contributed by atoms with Crippen LogP contribution in [0.25, 0.3) is 10.8 Å². The number of thiophene rings is 1. The molecule has 0 radical (unpaired) electrons. The zero-order valence-electron chi connectivity index (χ0n) is 15.7. The maximum Gasteiger partial charge on any atom is 0.414 e. The van der Waals surface area contributed by atoms with Crippen LogP contribution in [0.4, 0.5) is 0 Å². The Morgan fingerprint density at radius 2 is 1.68 bits per heavy atom. The number of aliphatic carboxylic acids is 2. The van der Waals surface area contributed by atoms with Crippen LogP contribution in [-0.4, -0.2) is 47.7 Å². The summed E-state index contributed by atoms with van der Waals surface area (Å²) in [6.07, 6.45) is 1.09. The zero-order chi connectivity index (χ0) is 20.5. The Hall–Kier alpha value is -2.90. The highest BCUT2D eigenvalue weighted by atomic mass is 32.1. The average molecular weight is 401 g/mol. The minimum atomic E-state index is -1.82. The van der Waals surface area contributed by atoms with Crippen LogP contribution in [-0.2, 0) is 9.59 Å². The van der Waals surface area contributed by atoms with Crippen LogP contribution in [0, 0.1) is 0 Å². The molecule has 0 unspecified atom stereocenters. The molecule has 0 bridgehead atoms. The molecule has 7 heteroatoms. The van der Waals surface area contributed by atoms with E-state index in [0.717, 1.165) is 18.7 Å². The largest absolute Gasteiger partial charge is 0.484 e. The summed E-state index contributed by atoms with van der Waals surface area (Å²) in [5, 5.41) is 19.3. The summed E-state index contributed by atoms with van der Waals surface area (Å²) in [5.41, 5.74) is 0. The number of carboxylic acid groups (broad SMARTS) is 2. The number of benzene rings is 2. The van der Waals surface area contributed by atoms with Gasteiger partial charge in [-0.3, -0.25) is 0 Å². The van der Waals surface area contributed by atoms with E-state index in [-0.39, 0.29) is 6.10 Å². The van der Waals surface area contributed by atoms with E-state index in [9.17, 15) is 0 Å². The average Bonchev–Trinajstić information content (AvgIpc) is 3.20. The topological polar surface area (TPSA) is 87.1 Å². The lowest BCUT2D eigenvalue weighted by Gasteiger charge is -2.21. The third kappa shape index (κ3) is 6.37. The first-order chi connectivity index (χ1) is 13.4. The zero-order valence-corrected chi connectivity index (χ0v) is 16.6. The van der Waals surface area contributed by atoms with E-state index in [1.54, 1.807) is 11.3 Å². The van der Waals surface area contributed by atoms with Crippen LogP contribution in [0.3, 0.4) is 0 Å². The number of nitrogens with zero attached hydrogens (tertiary/aromatic N) is 1. The first kappa shape index (κ1) is 21.4. The SMILES string of the molecule is CN(C)CC[C@H](Oc1cccc2ccccc12)c1cccs1.O=C(O)C(=O)O. The van der Waals surface area contributed by atoms with E-state index in [4.69, 9.17) is 24.5 Å². The maximum atomic E-state index is 9.10. The third-order valence-corrected chi connectivity index (χ3v) is 4.87. The predicted octanol–water partition coefficient (Wildman–Crippen LogP) is 4.13. The molecule has 0 aliphatic carbocycles. The van der Waals surface area contributed by atoms with Crippen LogP contribution in [0.5, 0.6) is 5.75 Å². The number of rotatable bonds is 6. The van der Waals surface area contributed by atoms with Gasteiger partial charge in [-0.05, 0) is 37.0 Å². The monoisotopic (exact) mass is 401 g/mol. The van der Waals surface area contributed by atoms with Gasteiger partial charge in [0.1, 0.15) is 11.9 Å². The minimum Gasteiger partial charge on any atom is -0.484 e. The summed E-state index contributed by atoms with van der Waals surface area (Å²) in [4.78, 5) is 21.7. The van der Waals surface area contributed by atoms with Gasteiger partial charge in [0.15, 0.2) is 0 Å². The predicted molar refractivity (Wildman–Crippen MR) is 110 cm³/mol. The van der Waals surface area contributed by atoms with Gasteiger partial charge in [0.2, 0.25) is 0 Å². The van der Waals surface area contributed by atoms with Crippen LogP contribution in [0.1, 0.15) is 17.4 Å². The second kappa shape index (κ2) is 10.4. The first-order valence-corrected chi connectivity index (χ1v) is 9.55. The Kier molecular flexibility index (Phi) is 7.98. The lowest BCUT2D eigenvalue weighted by Crippen LogP contribution is -2.18.